The highest BCUT2D eigenvalue weighted by atomic mass is 16.4. The lowest BCUT2D eigenvalue weighted by Gasteiger charge is -1.86. The van der Waals surface area contributed by atoms with E-state index in [4.69, 9.17) is 10.2 Å². The van der Waals surface area contributed by atoms with Gasteiger partial charge in [-0.25, -0.2) is 4.79 Å². The van der Waals surface area contributed by atoms with Gasteiger partial charge in [0.2, 0.25) is 0 Å². The fourth-order valence-corrected chi connectivity index (χ4v) is 0.224. The molecule has 0 heterocycles. The Hall–Kier alpha value is -0.830. The van der Waals surface area contributed by atoms with Gasteiger partial charge < -0.3 is 10.2 Å². The summed E-state index contributed by atoms with van der Waals surface area (Å²) in [5, 5.41) is 16.3. The van der Waals surface area contributed by atoms with Gasteiger partial charge in [0, 0.05) is 5.57 Å². The normalized spacial score (nSPS) is 11.5. The Morgan fingerprint density at radius 3 is 2.38 bits per heavy atom. The molecule has 2 N–H and O–H groups in total. The lowest BCUT2D eigenvalue weighted by atomic mass is 10.3. The highest BCUT2D eigenvalue weighted by molar-refractivity contribution is 5.85. The maximum Gasteiger partial charge on any atom is 0.331 e. The molecule has 0 aliphatic rings. The van der Waals surface area contributed by atoms with Crippen LogP contribution in [0, 0.1) is 0 Å². The Bertz CT molecular complexity index is 115. The number of carboxylic acids is 1. The molecule has 46 valence electrons. The van der Waals surface area contributed by atoms with Gasteiger partial charge in [0.25, 0.3) is 0 Å². The first-order valence-electron chi connectivity index (χ1n) is 2.19. The van der Waals surface area contributed by atoms with E-state index in [1.807, 2.05) is 0 Å². The Kier molecular flexibility index (Phi) is 2.88. The molecule has 0 bridgehead atoms. The third kappa shape index (κ3) is 2.36. The van der Waals surface area contributed by atoms with E-state index < -0.39 is 5.97 Å². The minimum Gasteiger partial charge on any atom is -0.478 e. The smallest absolute Gasteiger partial charge is 0.331 e. The standard InChI is InChI=1S/C5H8O3/c1-4(2-3-6)5(7)8/h2,6H,3H2,1H3,(H,7,8)/b4-2-. The zero-order chi connectivity index (χ0) is 6.57. The van der Waals surface area contributed by atoms with Crippen LogP contribution >= 0.6 is 0 Å². The van der Waals surface area contributed by atoms with Gasteiger partial charge >= 0.3 is 5.97 Å². The van der Waals surface area contributed by atoms with E-state index in [2.05, 4.69) is 0 Å². The molecule has 0 aromatic carbocycles. The Balaban J connectivity index is 3.80. The molecule has 0 amide bonds. The van der Waals surface area contributed by atoms with Crippen LogP contribution in [0.1, 0.15) is 6.92 Å². The fourth-order valence-electron chi connectivity index (χ4n) is 0.224. The summed E-state index contributed by atoms with van der Waals surface area (Å²) in [5.74, 6) is -0.987. The minimum absolute atomic E-state index is 0.174. The molecule has 8 heavy (non-hydrogen) atoms. The van der Waals surface area contributed by atoms with Crippen LogP contribution in [0.4, 0.5) is 0 Å². The SMILES string of the molecule is C/C(=C/CO)C(=O)O. The molecule has 0 saturated carbocycles. The minimum atomic E-state index is -0.987. The second-order valence-electron chi connectivity index (χ2n) is 1.37. The van der Waals surface area contributed by atoms with E-state index in [0.29, 0.717) is 0 Å². The fraction of sp³-hybridized carbons (Fsp3) is 0.400. The van der Waals surface area contributed by atoms with Crippen molar-refractivity contribution >= 4 is 5.97 Å². The summed E-state index contributed by atoms with van der Waals surface area (Å²) in [5.41, 5.74) is 0.174. The zero-order valence-corrected chi connectivity index (χ0v) is 4.59. The van der Waals surface area contributed by atoms with Gasteiger partial charge in [0.15, 0.2) is 0 Å². The molecular formula is C5H8O3. The number of aliphatic carboxylic acids is 1. The van der Waals surface area contributed by atoms with Crippen LogP contribution in [-0.2, 0) is 4.79 Å². The van der Waals surface area contributed by atoms with Gasteiger partial charge in [0.05, 0.1) is 6.61 Å². The molecule has 0 fully saturated rings. The van der Waals surface area contributed by atoms with E-state index in [0.717, 1.165) is 0 Å². The van der Waals surface area contributed by atoms with Crippen molar-refractivity contribution in [2.75, 3.05) is 6.61 Å². The van der Waals surface area contributed by atoms with Crippen LogP contribution < -0.4 is 0 Å². The molecule has 0 radical (unpaired) electrons. The average Bonchev–Trinajstić information content (AvgIpc) is 1.67. The first-order valence-corrected chi connectivity index (χ1v) is 2.19. The van der Waals surface area contributed by atoms with Gasteiger partial charge in [-0.3, -0.25) is 0 Å². The molecule has 0 aliphatic carbocycles. The lowest BCUT2D eigenvalue weighted by molar-refractivity contribution is -0.132. The van der Waals surface area contributed by atoms with Gasteiger partial charge in [-0.05, 0) is 13.0 Å². The van der Waals surface area contributed by atoms with Gasteiger partial charge in [-0.15, -0.1) is 0 Å². The molecule has 0 aromatic heterocycles. The summed E-state index contributed by atoms with van der Waals surface area (Å²) in [6.45, 7) is 1.22. The largest absolute Gasteiger partial charge is 0.478 e. The Morgan fingerprint density at radius 1 is 1.75 bits per heavy atom. The van der Waals surface area contributed by atoms with Crippen molar-refractivity contribution in [1.82, 2.24) is 0 Å². The monoisotopic (exact) mass is 116 g/mol. The number of carbonyl (C=O) groups is 1. The van der Waals surface area contributed by atoms with Gasteiger partial charge in [-0.2, -0.15) is 0 Å². The van der Waals surface area contributed by atoms with Crippen molar-refractivity contribution in [2.24, 2.45) is 0 Å². The molecule has 3 nitrogen and oxygen atoms in total. The van der Waals surface area contributed by atoms with Gasteiger partial charge in [0.1, 0.15) is 0 Å². The molecule has 0 aromatic rings. The van der Waals surface area contributed by atoms with E-state index in [9.17, 15) is 4.79 Å². The van der Waals surface area contributed by atoms with Crippen molar-refractivity contribution in [3.05, 3.63) is 11.6 Å². The first kappa shape index (κ1) is 7.17. The number of rotatable bonds is 2. The third-order valence-corrected chi connectivity index (χ3v) is 0.735. The van der Waals surface area contributed by atoms with Crippen molar-refractivity contribution < 1.29 is 15.0 Å². The van der Waals surface area contributed by atoms with Crippen LogP contribution in [0.15, 0.2) is 11.6 Å². The van der Waals surface area contributed by atoms with Crippen molar-refractivity contribution in [1.29, 1.82) is 0 Å². The van der Waals surface area contributed by atoms with Crippen LogP contribution in [0.25, 0.3) is 0 Å². The summed E-state index contributed by atoms with van der Waals surface area (Å²) in [4.78, 5) is 9.91. The molecule has 0 saturated heterocycles. The lowest BCUT2D eigenvalue weighted by Crippen LogP contribution is -1.96. The van der Waals surface area contributed by atoms with E-state index in [-0.39, 0.29) is 12.2 Å². The number of hydrogen-bond donors (Lipinski definition) is 2. The zero-order valence-electron chi connectivity index (χ0n) is 4.59. The maximum absolute atomic E-state index is 9.91. The summed E-state index contributed by atoms with van der Waals surface area (Å²) < 4.78 is 0. The summed E-state index contributed by atoms with van der Waals surface area (Å²) >= 11 is 0. The highest BCUT2D eigenvalue weighted by Crippen LogP contribution is 1.88. The van der Waals surface area contributed by atoms with Crippen LogP contribution in [0.2, 0.25) is 0 Å². The van der Waals surface area contributed by atoms with Crippen molar-refractivity contribution in [3.63, 3.8) is 0 Å². The second-order valence-corrected chi connectivity index (χ2v) is 1.37. The van der Waals surface area contributed by atoms with E-state index in [1.54, 1.807) is 0 Å². The third-order valence-electron chi connectivity index (χ3n) is 0.735. The number of aliphatic hydroxyl groups is 1. The maximum atomic E-state index is 9.91. The predicted octanol–water partition coefficient (Wildman–Crippen LogP) is 0.00960. The number of carboxylic acid groups (broad SMARTS) is 1. The number of aliphatic hydroxyl groups excluding tert-OH is 1. The molecule has 0 atom stereocenters. The average molecular weight is 116 g/mol. The number of hydrogen-bond acceptors (Lipinski definition) is 2. The molecule has 0 unspecified atom stereocenters. The quantitative estimate of drug-likeness (QED) is 0.499. The summed E-state index contributed by atoms with van der Waals surface area (Å²) in [7, 11) is 0. The van der Waals surface area contributed by atoms with Crippen LogP contribution in [0.5, 0.6) is 0 Å². The predicted molar refractivity (Wildman–Crippen MR) is 28.5 cm³/mol. The Labute approximate surface area is 47.3 Å². The Morgan fingerprint density at radius 2 is 2.25 bits per heavy atom. The van der Waals surface area contributed by atoms with Gasteiger partial charge in [-0.1, -0.05) is 0 Å². The highest BCUT2D eigenvalue weighted by Gasteiger charge is 1.95. The van der Waals surface area contributed by atoms with Crippen LogP contribution in [-0.4, -0.2) is 22.8 Å². The molecular weight excluding hydrogens is 108 g/mol. The van der Waals surface area contributed by atoms with Crippen LogP contribution in [0.3, 0.4) is 0 Å². The summed E-state index contributed by atoms with van der Waals surface area (Å²) in [6.07, 6.45) is 1.24. The molecule has 0 spiro atoms. The topological polar surface area (TPSA) is 57.5 Å². The molecule has 0 rings (SSSR count). The molecule has 0 aliphatic heterocycles. The second kappa shape index (κ2) is 3.21. The van der Waals surface area contributed by atoms with Crippen molar-refractivity contribution in [2.45, 2.75) is 6.92 Å². The summed E-state index contributed by atoms with van der Waals surface area (Å²) in [6, 6.07) is 0. The first-order chi connectivity index (χ1) is 3.68. The van der Waals surface area contributed by atoms with E-state index in [1.165, 1.54) is 13.0 Å². The molecule has 3 heteroatoms. The van der Waals surface area contributed by atoms with E-state index >= 15 is 0 Å². The van der Waals surface area contributed by atoms with Crippen molar-refractivity contribution in [3.8, 4) is 0 Å².